The van der Waals surface area contributed by atoms with Gasteiger partial charge in [-0.3, -0.25) is 62.3 Å². The van der Waals surface area contributed by atoms with Gasteiger partial charge in [0, 0.05) is 62.6 Å². The van der Waals surface area contributed by atoms with Crippen molar-refractivity contribution in [3.05, 3.63) is 315 Å². The number of nitrogen functional groups attached to an aromatic ring is 6. The van der Waals surface area contributed by atoms with Gasteiger partial charge in [-0.2, -0.15) is 8.78 Å². The van der Waals surface area contributed by atoms with Crippen molar-refractivity contribution in [3.8, 4) is 5.75 Å². The zero-order valence-electron chi connectivity index (χ0n) is 74.6. The van der Waals surface area contributed by atoms with Gasteiger partial charge in [-0.15, -0.1) is 0 Å². The predicted molar refractivity (Wildman–Crippen MR) is 507 cm³/mol. The molecule has 12 N–H and O–H groups in total. The van der Waals surface area contributed by atoms with Gasteiger partial charge < -0.3 is 68.5 Å². The van der Waals surface area contributed by atoms with E-state index in [-0.39, 0.29) is 69.9 Å². The number of halogens is 2. The molecule has 0 saturated heterocycles. The van der Waals surface area contributed by atoms with E-state index in [0.717, 1.165) is 99.1 Å². The number of alkyl halides is 2. The minimum absolute atomic E-state index is 0.0153. The van der Waals surface area contributed by atoms with Crippen LogP contribution in [-0.4, -0.2) is 45.1 Å². The smallest absolute Gasteiger partial charge is 0.290 e. The van der Waals surface area contributed by atoms with Crippen LogP contribution >= 0.6 is 0 Å². The third-order valence-corrected chi connectivity index (χ3v) is 24.1. The zero-order valence-corrected chi connectivity index (χ0v) is 74.6. The fraction of sp³-hybridized carbons (Fsp3) is 0.390. The van der Waals surface area contributed by atoms with E-state index in [1.54, 1.807) is 17.0 Å². The molecule has 0 amide bonds. The van der Waals surface area contributed by atoms with Crippen LogP contribution in [0.2, 0.25) is 0 Å². The van der Waals surface area contributed by atoms with Gasteiger partial charge in [0.25, 0.3) is 71.1 Å². The van der Waals surface area contributed by atoms with Crippen molar-refractivity contribution in [1.82, 2.24) is 0 Å². The molecule has 6 aliphatic heterocycles. The van der Waals surface area contributed by atoms with Crippen LogP contribution in [0, 0.1) is 35.5 Å². The number of carbonyl (C=O) groups is 1. The minimum atomic E-state index is -3.09. The quantitative estimate of drug-likeness (QED) is 0.0435. The first-order valence-corrected chi connectivity index (χ1v) is 43.8. The highest BCUT2D eigenvalue weighted by molar-refractivity contribution is 6.03. The van der Waals surface area contributed by atoms with E-state index >= 15 is 0 Å². The first-order chi connectivity index (χ1) is 60.5. The van der Waals surface area contributed by atoms with Crippen LogP contribution in [0.25, 0.3) is 0 Å². The number of nitrogens with two attached hydrogens (primary N) is 6. The van der Waals surface area contributed by atoms with Crippen LogP contribution in [0.15, 0.2) is 167 Å². The molecule has 12 aromatic rings. The van der Waals surface area contributed by atoms with E-state index in [1.807, 2.05) is 56.0 Å². The molecule has 0 aliphatic carbocycles. The van der Waals surface area contributed by atoms with Crippen molar-refractivity contribution in [3.63, 3.8) is 0 Å². The fourth-order valence-corrected chi connectivity index (χ4v) is 18.1. The number of hydrogen-bond donors (Lipinski definition) is 6. The average molecular weight is 1740 g/mol. The van der Waals surface area contributed by atoms with Crippen molar-refractivity contribution in [2.75, 3.05) is 103 Å². The van der Waals surface area contributed by atoms with Gasteiger partial charge in [-0.25, -0.2) is 0 Å². The fourth-order valence-electron chi connectivity index (χ4n) is 18.1. The molecule has 128 heavy (non-hydrogen) atoms. The summed E-state index contributed by atoms with van der Waals surface area (Å²) < 4.78 is 34.5. The number of carbonyl (C=O) groups excluding carboxylic acids is 1. The summed E-state index contributed by atoms with van der Waals surface area (Å²) in [5.74, 6) is 0.882. The maximum atomic E-state index is 14.4. The van der Waals surface area contributed by atoms with E-state index in [0.29, 0.717) is 109 Å². The molecule has 0 fully saturated rings. The molecule has 0 saturated carbocycles. The van der Waals surface area contributed by atoms with Crippen molar-refractivity contribution < 1.29 is 18.3 Å². The number of aryl methyl sites for hydroxylation is 1. The second kappa shape index (κ2) is 37.3. The maximum Gasteiger partial charge on any atom is 0.290 e. The SMILES string of the molecule is CC(C)Cc1ccc2c(c1)CN(c1c(N)c(=O)c1=O)C2.CC(C)Cc1ccc2c(c1)CN(c1c(N)c(=O)c1=O)CC2.CC(C)Cc1ccc2c(c1)CN(c1c(N)c(=O)c1=O)CC2(F)F.CC(C)Cc1ccc2c(c1)CN(c1c(N)c(=O)c1=O)CC2=O.CC(C)Cc1ccc2c(c1)N(c1c(N)c(=O)c1=O)CCC2.CC(C)Cc1ccc2c(c1)N(c1c(N)c(=O)c1=O)CCO2. The molecule has 0 radical (unpaired) electrons. The topological polar surface area (TPSA) is 407 Å². The molecule has 6 aliphatic rings. The van der Waals surface area contributed by atoms with Gasteiger partial charge in [0.05, 0.1) is 25.3 Å². The number of ketones is 1. The molecule has 0 aromatic heterocycles. The zero-order chi connectivity index (χ0) is 92.8. The molecule has 18 rings (SSSR count). The summed E-state index contributed by atoms with van der Waals surface area (Å²) in [6.07, 6.45) is 8.63. The number of nitrogens with zero attached hydrogens (tertiary/aromatic N) is 6. The summed E-state index contributed by atoms with van der Waals surface area (Å²) in [5, 5.41) is 0. The number of Topliss-reactive ketones (excluding diaryl/α,β-unsaturated/α-hetero) is 1. The molecule has 0 bridgehead atoms. The van der Waals surface area contributed by atoms with Gasteiger partial charge >= 0.3 is 0 Å². The molecule has 0 unspecified atom stereocenters. The molecule has 28 heteroatoms. The summed E-state index contributed by atoms with van der Waals surface area (Å²) in [6, 6.07) is 36.3. The van der Waals surface area contributed by atoms with E-state index < -0.39 is 77.6 Å². The molecule has 12 aromatic carbocycles. The van der Waals surface area contributed by atoms with Crippen LogP contribution in [0.1, 0.15) is 178 Å². The third-order valence-electron chi connectivity index (χ3n) is 24.1. The predicted octanol–water partition coefficient (Wildman–Crippen LogP) is 10.4. The first kappa shape index (κ1) is 92.4. The van der Waals surface area contributed by atoms with E-state index in [1.165, 1.54) is 66.6 Å². The lowest BCUT2D eigenvalue weighted by atomic mass is 9.91. The lowest BCUT2D eigenvalue weighted by Gasteiger charge is -2.36. The molecular weight excluding hydrogens is 1630 g/mol. The number of rotatable bonds is 18. The summed E-state index contributed by atoms with van der Waals surface area (Å²) >= 11 is 0. The highest BCUT2D eigenvalue weighted by atomic mass is 19.3. The van der Waals surface area contributed by atoms with Crippen LogP contribution in [-0.2, 0) is 90.0 Å². The summed E-state index contributed by atoms with van der Waals surface area (Å²) in [4.78, 5) is 161. The Morgan fingerprint density at radius 2 is 0.648 bits per heavy atom. The Bertz CT molecular complexity index is 6620. The number of fused-ring (bicyclic) bond motifs is 6. The second-order valence-electron chi connectivity index (χ2n) is 37.2. The molecular formula is C100H112F2N12O14. The van der Waals surface area contributed by atoms with E-state index in [2.05, 4.69) is 138 Å². The molecule has 6 heterocycles. The summed E-state index contributed by atoms with van der Waals surface area (Å²) in [7, 11) is 0. The van der Waals surface area contributed by atoms with Gasteiger partial charge in [0.1, 0.15) is 80.6 Å². The van der Waals surface area contributed by atoms with Gasteiger partial charge in [0.15, 0.2) is 5.78 Å². The largest absolute Gasteiger partial charge is 0.490 e. The van der Waals surface area contributed by atoms with Crippen LogP contribution in [0.4, 0.5) is 88.4 Å². The highest BCUT2D eigenvalue weighted by Gasteiger charge is 2.43. The number of anilines is 14. The molecule has 26 nitrogen and oxygen atoms in total. The Kier molecular flexibility index (Phi) is 27.0. The van der Waals surface area contributed by atoms with Crippen molar-refractivity contribution in [2.45, 2.75) is 180 Å². The lowest BCUT2D eigenvalue weighted by molar-refractivity contribution is -0.00253. The monoisotopic (exact) mass is 1740 g/mol. The van der Waals surface area contributed by atoms with Crippen molar-refractivity contribution in [2.24, 2.45) is 35.5 Å². The lowest BCUT2D eigenvalue weighted by Crippen LogP contribution is -2.48. The number of benzene rings is 6. The van der Waals surface area contributed by atoms with Gasteiger partial charge in [0.2, 0.25) is 0 Å². The van der Waals surface area contributed by atoms with Gasteiger partial charge in [-0.05, 0) is 184 Å². The first-order valence-electron chi connectivity index (χ1n) is 43.8. The second-order valence-corrected chi connectivity index (χ2v) is 37.2. The Labute approximate surface area is 739 Å². The number of ether oxygens (including phenoxy) is 1. The third kappa shape index (κ3) is 18.9. The van der Waals surface area contributed by atoms with Crippen LogP contribution in [0.5, 0.6) is 5.75 Å². The highest BCUT2D eigenvalue weighted by Crippen LogP contribution is 2.43. The average Bonchev–Trinajstić information content (AvgIpc) is 1.07. The summed E-state index contributed by atoms with van der Waals surface area (Å²) in [6.45, 7) is 30.4. The van der Waals surface area contributed by atoms with Gasteiger partial charge in [-0.1, -0.05) is 174 Å². The normalized spacial score (nSPS) is 15.0. The van der Waals surface area contributed by atoms with Crippen molar-refractivity contribution >= 4 is 85.4 Å². The molecule has 670 valence electrons. The Morgan fingerprint density at radius 1 is 0.312 bits per heavy atom. The Morgan fingerprint density at radius 3 is 1.12 bits per heavy atom. The minimum Gasteiger partial charge on any atom is -0.490 e. The number of hydrogen-bond acceptors (Lipinski definition) is 26. The maximum absolute atomic E-state index is 14.4. The molecule has 0 atom stereocenters. The van der Waals surface area contributed by atoms with Crippen LogP contribution in [0.3, 0.4) is 0 Å². The standard InChI is InChI=1S/C17H18F2N2O2.C17H18N2O3.2C17H20N2O2.C16H18N2O3.C16H18N2O2/c1-9(2)5-10-3-4-12-11(6-10)7-21(8-17(12,18)19)14-13(20)15(22)16(14)23;1-9(2)5-10-3-4-12-11(6-10)7-19(8-13(12)20)15-14(18)16(21)17(15)22;1-10(2)7-11-3-4-12-5-6-19(9-13(12)8-11)15-14(18)16(20)17(15)21;1-10(2)8-11-5-6-12-4-3-7-19(13(12)9-11)15-14(18)16(20)17(15)21;1-9(2)7-10-3-4-12-11(8-10)18(5-6-21-12)14-13(17)15(19)16(14)20;1-9(2)5-10-3-4-11-7-18(8-12(11)6-10)14-13(17)15(19)16(14)20/h3-4,6,9H,5,7-8,20H2,1-2H3;3-4,6,9H,5,7-8,18H2,1-2H3;3-4,8,10H,5-7,9,18H2,1-2H3;5-6,9-10H,3-4,7-8,18H2,1-2H3;3-4,8-9H,5-7,17H2,1-2H3;3-4,6,9H,5,7-8,17H2,1-2H3. The molecule has 0 spiro atoms. The Hall–Kier alpha value is -13.3. The Balaban J connectivity index is 0.000000131. The van der Waals surface area contributed by atoms with E-state index in [9.17, 15) is 71.1 Å². The van der Waals surface area contributed by atoms with Crippen molar-refractivity contribution in [1.29, 1.82) is 0 Å². The van der Waals surface area contributed by atoms with Crippen LogP contribution < -0.4 is 134 Å². The summed E-state index contributed by atoms with van der Waals surface area (Å²) in [5.41, 5.74) is 46.2. The van der Waals surface area contributed by atoms with E-state index in [4.69, 9.17) is 39.1 Å².